The quantitative estimate of drug-likeness (QED) is 0.302. The molecule has 0 radical (unpaired) electrons. The molecular weight excluding hydrogens is 446 g/mol. The number of ether oxygens (including phenoxy) is 4. The van der Waals surface area contributed by atoms with Gasteiger partial charge in [-0.05, 0) is 60.2 Å². The van der Waals surface area contributed by atoms with Crippen LogP contribution in [0.5, 0.6) is 23.0 Å². The summed E-state index contributed by atoms with van der Waals surface area (Å²) in [6.45, 7) is 0.314. The van der Waals surface area contributed by atoms with Crippen molar-refractivity contribution in [2.45, 2.75) is 13.0 Å². The number of ketones is 1. The van der Waals surface area contributed by atoms with Crippen molar-refractivity contribution in [1.82, 2.24) is 0 Å². The molecule has 3 rings (SSSR count). The van der Waals surface area contributed by atoms with E-state index in [1.165, 1.54) is 0 Å². The zero-order valence-electron chi connectivity index (χ0n) is 20.9. The smallest absolute Gasteiger partial charge is 0.318 e. The Morgan fingerprint density at radius 1 is 0.714 bits per heavy atom. The second-order valence-corrected chi connectivity index (χ2v) is 8.48. The number of likely N-dealkylation sites (N-methyl/N-ethyl adjacent to an activating group) is 1. The van der Waals surface area contributed by atoms with Gasteiger partial charge in [-0.25, -0.2) is 4.79 Å². The van der Waals surface area contributed by atoms with Gasteiger partial charge >= 0.3 is 5.91 Å². The van der Waals surface area contributed by atoms with Crippen LogP contribution < -0.4 is 18.9 Å². The predicted octanol–water partition coefficient (Wildman–Crippen LogP) is 4.32. The molecule has 1 atom stereocenters. The van der Waals surface area contributed by atoms with Crippen molar-refractivity contribution in [2.75, 3.05) is 42.0 Å². The lowest BCUT2D eigenvalue weighted by Crippen LogP contribution is -2.52. The van der Waals surface area contributed by atoms with E-state index in [-0.39, 0.29) is 29.1 Å². The van der Waals surface area contributed by atoms with Crippen molar-refractivity contribution < 1.29 is 33.0 Å². The topological polar surface area (TPSA) is 71.1 Å². The fourth-order valence-electron chi connectivity index (χ4n) is 3.95. The number of hydrogen-bond donors (Lipinski definition) is 0. The maximum atomic E-state index is 13.7. The Bertz CT molecular complexity index is 1170. The van der Waals surface area contributed by atoms with Crippen LogP contribution in [0.3, 0.4) is 0 Å². The molecule has 1 amide bonds. The molecule has 0 saturated heterocycles. The summed E-state index contributed by atoms with van der Waals surface area (Å²) < 4.78 is 21.2. The first-order valence-electron chi connectivity index (χ1n) is 11.2. The standard InChI is InChI=1S/C28H32NO6/c1-29(18-21-9-14-26(34-4)27(16-21)35-5,19-25(30)22-10-12-23(32-2)13-11-22)28(31)17-20-7-6-8-24(15-20)33-3/h6-16H,17-19H2,1-5H3/q+1. The third kappa shape index (κ3) is 6.39. The average molecular weight is 479 g/mol. The molecular formula is C28H32NO6+. The second kappa shape index (κ2) is 11.5. The van der Waals surface area contributed by atoms with Crippen LogP contribution >= 0.6 is 0 Å². The SMILES string of the molecule is COc1ccc(C(=O)C[N+](C)(Cc2ccc(OC)c(OC)c2)C(=O)Cc2cccc(OC)c2)cc1. The molecule has 0 spiro atoms. The highest BCUT2D eigenvalue weighted by Gasteiger charge is 2.35. The van der Waals surface area contributed by atoms with E-state index >= 15 is 0 Å². The van der Waals surface area contributed by atoms with Crippen molar-refractivity contribution >= 4 is 11.7 Å². The summed E-state index contributed by atoms with van der Waals surface area (Å²) in [4.78, 5) is 26.9. The van der Waals surface area contributed by atoms with Crippen LogP contribution in [0.1, 0.15) is 21.5 Å². The molecule has 0 saturated carbocycles. The maximum Gasteiger partial charge on any atom is 0.318 e. The molecule has 0 aliphatic rings. The zero-order valence-corrected chi connectivity index (χ0v) is 20.9. The minimum atomic E-state index is -0.130. The highest BCUT2D eigenvalue weighted by atomic mass is 16.5. The van der Waals surface area contributed by atoms with Crippen molar-refractivity contribution in [3.8, 4) is 23.0 Å². The number of carbonyl (C=O) groups is 2. The van der Waals surface area contributed by atoms with Crippen LogP contribution in [-0.2, 0) is 17.8 Å². The first kappa shape index (κ1) is 25.8. The summed E-state index contributed by atoms with van der Waals surface area (Å²) in [5.41, 5.74) is 2.20. The lowest BCUT2D eigenvalue weighted by molar-refractivity contribution is -0.839. The Labute approximate surface area is 206 Å². The minimum Gasteiger partial charge on any atom is -0.497 e. The molecule has 0 N–H and O–H groups in total. The monoisotopic (exact) mass is 478 g/mol. The van der Waals surface area contributed by atoms with Crippen LogP contribution in [0.15, 0.2) is 66.7 Å². The Morgan fingerprint density at radius 3 is 2.03 bits per heavy atom. The third-order valence-corrected chi connectivity index (χ3v) is 5.98. The fraction of sp³-hybridized carbons (Fsp3) is 0.286. The Hall–Kier alpha value is -3.84. The van der Waals surface area contributed by atoms with Crippen LogP contribution in [-0.4, -0.2) is 58.2 Å². The van der Waals surface area contributed by atoms with Gasteiger partial charge in [0.15, 0.2) is 11.5 Å². The molecule has 0 heterocycles. The fourth-order valence-corrected chi connectivity index (χ4v) is 3.95. The molecule has 0 fully saturated rings. The van der Waals surface area contributed by atoms with E-state index in [0.29, 0.717) is 35.1 Å². The van der Waals surface area contributed by atoms with E-state index < -0.39 is 0 Å². The summed E-state index contributed by atoms with van der Waals surface area (Å²) in [6, 6.07) is 19.8. The van der Waals surface area contributed by atoms with Gasteiger partial charge in [0, 0.05) is 11.1 Å². The molecule has 1 unspecified atom stereocenters. The number of Topliss-reactive ketones (excluding diaryl/α,β-unsaturated/α-hetero) is 1. The van der Waals surface area contributed by atoms with Crippen LogP contribution in [0.4, 0.5) is 0 Å². The number of nitrogens with zero attached hydrogens (tertiary/aromatic N) is 1. The van der Waals surface area contributed by atoms with E-state index in [1.54, 1.807) is 65.8 Å². The summed E-state index contributed by atoms with van der Waals surface area (Å²) >= 11 is 0. The van der Waals surface area contributed by atoms with Crippen molar-refractivity contribution in [1.29, 1.82) is 0 Å². The normalized spacial score (nSPS) is 12.4. The van der Waals surface area contributed by atoms with Crippen LogP contribution in [0, 0.1) is 0 Å². The van der Waals surface area contributed by atoms with Gasteiger partial charge in [-0.1, -0.05) is 12.1 Å². The van der Waals surface area contributed by atoms with Gasteiger partial charge in [-0.15, -0.1) is 0 Å². The van der Waals surface area contributed by atoms with Crippen molar-refractivity contribution in [3.05, 3.63) is 83.4 Å². The Morgan fingerprint density at radius 2 is 1.40 bits per heavy atom. The third-order valence-electron chi connectivity index (χ3n) is 5.98. The molecule has 7 nitrogen and oxygen atoms in total. The number of methoxy groups -OCH3 is 4. The zero-order chi connectivity index (χ0) is 25.4. The summed E-state index contributed by atoms with van der Waals surface area (Å²) in [6.07, 6.45) is 0.164. The number of rotatable bonds is 11. The van der Waals surface area contributed by atoms with Crippen LogP contribution in [0.2, 0.25) is 0 Å². The Kier molecular flexibility index (Phi) is 8.49. The van der Waals surface area contributed by atoms with Gasteiger partial charge in [-0.2, -0.15) is 0 Å². The summed E-state index contributed by atoms with van der Waals surface area (Å²) in [5, 5.41) is 0. The number of quaternary nitrogens is 1. The highest BCUT2D eigenvalue weighted by Crippen LogP contribution is 2.29. The van der Waals surface area contributed by atoms with Gasteiger partial charge in [0.05, 0.1) is 41.9 Å². The number of benzene rings is 3. The molecule has 0 bridgehead atoms. The molecule has 0 aromatic heterocycles. The van der Waals surface area contributed by atoms with Gasteiger partial charge < -0.3 is 18.9 Å². The molecule has 0 aliphatic carbocycles. The molecule has 184 valence electrons. The summed E-state index contributed by atoms with van der Waals surface area (Å²) in [7, 11) is 8.09. The molecule has 3 aromatic carbocycles. The minimum absolute atomic E-state index is 0.00345. The Balaban J connectivity index is 1.92. The number of carbonyl (C=O) groups excluding carboxylic acids is 2. The molecule has 3 aromatic rings. The largest absolute Gasteiger partial charge is 0.497 e. The van der Waals surface area contributed by atoms with E-state index in [0.717, 1.165) is 11.1 Å². The number of hydrogen-bond acceptors (Lipinski definition) is 6. The van der Waals surface area contributed by atoms with E-state index in [9.17, 15) is 9.59 Å². The first-order valence-corrected chi connectivity index (χ1v) is 11.2. The van der Waals surface area contributed by atoms with Gasteiger partial charge in [0.25, 0.3) is 0 Å². The predicted molar refractivity (Wildman–Crippen MR) is 133 cm³/mol. The first-order chi connectivity index (χ1) is 16.8. The lowest BCUT2D eigenvalue weighted by Gasteiger charge is -2.31. The van der Waals surface area contributed by atoms with Crippen LogP contribution in [0.25, 0.3) is 0 Å². The number of amides is 1. The van der Waals surface area contributed by atoms with E-state index in [1.807, 2.05) is 36.4 Å². The second-order valence-electron chi connectivity index (χ2n) is 8.48. The summed E-state index contributed by atoms with van der Waals surface area (Å²) in [5.74, 6) is 2.29. The van der Waals surface area contributed by atoms with E-state index in [4.69, 9.17) is 18.9 Å². The van der Waals surface area contributed by atoms with Crippen molar-refractivity contribution in [2.24, 2.45) is 0 Å². The molecule has 7 heteroatoms. The van der Waals surface area contributed by atoms with Gasteiger partial charge in [-0.3, -0.25) is 9.28 Å². The highest BCUT2D eigenvalue weighted by molar-refractivity contribution is 5.98. The molecule has 35 heavy (non-hydrogen) atoms. The van der Waals surface area contributed by atoms with Gasteiger partial charge in [0.1, 0.15) is 24.6 Å². The van der Waals surface area contributed by atoms with Gasteiger partial charge in [0.2, 0.25) is 5.78 Å². The molecule has 0 aliphatic heterocycles. The average Bonchev–Trinajstić information content (AvgIpc) is 2.88. The van der Waals surface area contributed by atoms with Crippen molar-refractivity contribution in [3.63, 3.8) is 0 Å². The van der Waals surface area contributed by atoms with E-state index in [2.05, 4.69) is 0 Å². The lowest BCUT2D eigenvalue weighted by atomic mass is 10.1. The maximum absolute atomic E-state index is 13.7.